The molecule has 2 N–H and O–H groups in total. The Bertz CT molecular complexity index is 1110. The molecule has 0 radical (unpaired) electrons. The van der Waals surface area contributed by atoms with Crippen LogP contribution in [-0.2, 0) is 9.59 Å². The van der Waals surface area contributed by atoms with Crippen molar-refractivity contribution in [2.75, 3.05) is 0 Å². The number of rotatable bonds is 3. The van der Waals surface area contributed by atoms with Gasteiger partial charge in [-0.3, -0.25) is 14.6 Å². The number of benzene rings is 2. The number of aliphatic imine (C=N–C) groups is 1. The quantitative estimate of drug-likeness (QED) is 0.367. The van der Waals surface area contributed by atoms with Crippen LogP contribution in [-0.4, -0.2) is 26.7 Å². The molecule has 0 saturated carbocycles. The van der Waals surface area contributed by atoms with Crippen LogP contribution in [0.2, 0.25) is 0 Å². The monoisotopic (exact) mass is 441 g/mol. The van der Waals surface area contributed by atoms with Gasteiger partial charge in [-0.05, 0) is 59.8 Å². The summed E-state index contributed by atoms with van der Waals surface area (Å²) in [5.41, 5.74) is 4.04. The number of hydrogen-bond donors (Lipinski definition) is 2. The van der Waals surface area contributed by atoms with E-state index in [1.165, 1.54) is 17.3 Å². The molecule has 1 aromatic heterocycles. The molecule has 4 rings (SSSR count). The molecule has 152 valence electrons. The van der Waals surface area contributed by atoms with Crippen molar-refractivity contribution in [3.63, 3.8) is 0 Å². The van der Waals surface area contributed by atoms with Gasteiger partial charge in [-0.2, -0.15) is 18.2 Å². The molecule has 1 aliphatic rings. The summed E-state index contributed by atoms with van der Waals surface area (Å²) in [6, 6.07) is 20.4. The summed E-state index contributed by atoms with van der Waals surface area (Å²) in [5.74, 6) is -0.959. The molecule has 31 heavy (non-hydrogen) atoms. The summed E-state index contributed by atoms with van der Waals surface area (Å²) < 4.78 is 2.07. The molecule has 3 aromatic rings. The van der Waals surface area contributed by atoms with Gasteiger partial charge in [0, 0.05) is 25.0 Å². The minimum atomic E-state index is -0.833. The molecule has 1 aliphatic heterocycles. The minimum Gasteiger partial charge on any atom is -0.481 e. The van der Waals surface area contributed by atoms with Gasteiger partial charge in [0.1, 0.15) is 0 Å². The molecule has 0 spiro atoms. The average Bonchev–Trinajstić information content (AvgIpc) is 3.34. The number of nitrogens with zero attached hydrogens (tertiary/aromatic N) is 2. The second-order valence-corrected chi connectivity index (χ2v) is 7.43. The Kier molecular flexibility index (Phi) is 9.33. The van der Waals surface area contributed by atoms with Crippen LogP contribution in [0.1, 0.15) is 18.1 Å². The number of thioether (sulfide) groups is 1. The number of amidine groups is 1. The molecule has 1 saturated heterocycles. The number of carbonyl (C=O) groups is 2. The van der Waals surface area contributed by atoms with E-state index < -0.39 is 5.97 Å². The van der Waals surface area contributed by atoms with E-state index in [9.17, 15) is 4.79 Å². The van der Waals surface area contributed by atoms with Crippen LogP contribution >= 0.6 is 11.8 Å². The summed E-state index contributed by atoms with van der Waals surface area (Å²) in [5, 5.41) is 10.8. The van der Waals surface area contributed by atoms with Crippen molar-refractivity contribution < 1.29 is 44.3 Å². The van der Waals surface area contributed by atoms with Crippen LogP contribution in [0.25, 0.3) is 11.8 Å². The number of carboxylic acid groups (broad SMARTS) is 1. The smallest absolute Gasteiger partial charge is 0.481 e. The van der Waals surface area contributed by atoms with Crippen molar-refractivity contribution in [3.8, 4) is 5.69 Å². The predicted octanol–water partition coefficient (Wildman–Crippen LogP) is 1.57. The third-order valence-electron chi connectivity index (χ3n) is 4.00. The Morgan fingerprint density at radius 3 is 2.48 bits per heavy atom. The third kappa shape index (κ3) is 7.25. The first-order valence-electron chi connectivity index (χ1n) is 9.11. The van der Waals surface area contributed by atoms with Crippen LogP contribution in [0.5, 0.6) is 0 Å². The van der Waals surface area contributed by atoms with E-state index in [-0.39, 0.29) is 35.5 Å². The fourth-order valence-electron chi connectivity index (χ4n) is 2.69. The van der Waals surface area contributed by atoms with E-state index in [2.05, 4.69) is 40.0 Å². The van der Waals surface area contributed by atoms with Crippen LogP contribution in [0, 0.1) is 13.0 Å². The largest absolute Gasteiger partial charge is 1.00 e. The van der Waals surface area contributed by atoms with Crippen LogP contribution in [0.3, 0.4) is 0 Å². The van der Waals surface area contributed by atoms with E-state index in [4.69, 9.17) is 9.90 Å². The number of carbonyl (C=O) groups excluding carboxylic acids is 1. The summed E-state index contributed by atoms with van der Waals surface area (Å²) in [6.45, 7) is 3.16. The van der Waals surface area contributed by atoms with Crippen LogP contribution in [0.15, 0.2) is 76.9 Å². The fraction of sp³-hybridized carbons (Fsp3) is 0.0870. The van der Waals surface area contributed by atoms with Crippen molar-refractivity contribution in [2.45, 2.75) is 13.8 Å². The summed E-state index contributed by atoms with van der Waals surface area (Å²) in [7, 11) is 0. The molecule has 0 unspecified atom stereocenters. The molecule has 6 nitrogen and oxygen atoms in total. The molecule has 0 atom stereocenters. The Morgan fingerprint density at radius 2 is 1.84 bits per heavy atom. The Hall–Kier alpha value is -2.58. The second-order valence-electron chi connectivity index (χ2n) is 6.40. The van der Waals surface area contributed by atoms with Crippen LogP contribution < -0.4 is 34.9 Å². The topological polar surface area (TPSA) is 83.7 Å². The zero-order chi connectivity index (χ0) is 21.5. The third-order valence-corrected chi connectivity index (χ3v) is 4.91. The van der Waals surface area contributed by atoms with Gasteiger partial charge in [0.25, 0.3) is 11.9 Å². The van der Waals surface area contributed by atoms with Crippen molar-refractivity contribution >= 4 is 40.6 Å². The normalized spacial score (nSPS) is 15.1. The van der Waals surface area contributed by atoms with E-state index in [0.29, 0.717) is 10.1 Å². The molecule has 2 aromatic carbocycles. The van der Waals surface area contributed by atoms with Crippen molar-refractivity contribution in [2.24, 2.45) is 4.99 Å². The van der Waals surface area contributed by atoms with E-state index in [1.54, 1.807) is 12.1 Å². The molecule has 8 heteroatoms. The molecule has 1 fully saturated rings. The molecular formula is C23H20N3NaO3S. The zero-order valence-electron chi connectivity index (χ0n) is 17.5. The number of aromatic nitrogens is 1. The number of nitrogens with one attached hydrogen (secondary N) is 1. The van der Waals surface area contributed by atoms with Gasteiger partial charge in [-0.1, -0.05) is 12.1 Å². The van der Waals surface area contributed by atoms with Crippen molar-refractivity contribution in [1.29, 1.82) is 0 Å². The zero-order valence-corrected chi connectivity index (χ0v) is 20.3. The van der Waals surface area contributed by atoms with E-state index in [0.717, 1.165) is 23.9 Å². The van der Waals surface area contributed by atoms with Crippen LogP contribution in [0.4, 0.5) is 5.69 Å². The van der Waals surface area contributed by atoms with Gasteiger partial charge in [-0.15, -0.1) is 12.1 Å². The maximum atomic E-state index is 12.3. The molecule has 0 bridgehead atoms. The molecule has 0 aliphatic carbocycles. The fourth-order valence-corrected chi connectivity index (χ4v) is 3.53. The summed E-state index contributed by atoms with van der Waals surface area (Å²) in [6.07, 6.45) is 5.92. The number of carboxylic acids is 1. The minimum absolute atomic E-state index is 0. The maximum Gasteiger partial charge on any atom is 1.00 e. The SMILES string of the molecule is CC(=O)O.Cc1ccc(/C=C2/SC(=Nc3cc[c-]cc3)NC2=O)cc1-n1cccc1.[Na+]. The Balaban J connectivity index is 0.000000631. The van der Waals surface area contributed by atoms with E-state index in [1.807, 2.05) is 48.8 Å². The summed E-state index contributed by atoms with van der Waals surface area (Å²) >= 11 is 1.35. The second kappa shape index (κ2) is 11.7. The van der Waals surface area contributed by atoms with Gasteiger partial charge < -0.3 is 15.0 Å². The van der Waals surface area contributed by atoms with E-state index >= 15 is 0 Å². The van der Waals surface area contributed by atoms with Gasteiger partial charge in [0.2, 0.25) is 0 Å². The average molecular weight is 441 g/mol. The van der Waals surface area contributed by atoms with Gasteiger partial charge >= 0.3 is 29.6 Å². The first kappa shape index (κ1) is 24.7. The van der Waals surface area contributed by atoms with Crippen molar-refractivity contribution in [3.05, 3.63) is 89.1 Å². The maximum absolute atomic E-state index is 12.3. The number of hydrogen-bond acceptors (Lipinski definition) is 4. The van der Waals surface area contributed by atoms with Crippen molar-refractivity contribution in [1.82, 2.24) is 9.88 Å². The standard InChI is InChI=1S/C21H16N3OS.C2H4O2.Na/c1-15-9-10-16(13-18(15)24-11-5-6-12-24)14-19-20(25)23-21(26-19)22-17-7-3-2-4-8-17;1-2(3)4;/h3-14H,1H3,(H,22,23,25);1H3,(H,3,4);/q-1;;+1/b19-14+;;. The van der Waals surface area contributed by atoms with Gasteiger partial charge in [-0.25, -0.2) is 0 Å². The first-order chi connectivity index (χ1) is 14.4. The Morgan fingerprint density at radius 1 is 1.19 bits per heavy atom. The molecular weight excluding hydrogens is 421 g/mol. The number of amides is 1. The number of aliphatic carboxylic acids is 1. The number of aryl methyl sites for hydroxylation is 1. The molecule has 2 heterocycles. The first-order valence-corrected chi connectivity index (χ1v) is 9.93. The predicted molar refractivity (Wildman–Crippen MR) is 120 cm³/mol. The molecule has 1 amide bonds. The van der Waals surface area contributed by atoms with Gasteiger partial charge in [0.15, 0.2) is 5.17 Å². The summed E-state index contributed by atoms with van der Waals surface area (Å²) in [4.78, 5) is 26.4. The Labute approximate surface area is 207 Å². The van der Waals surface area contributed by atoms with Gasteiger partial charge in [0.05, 0.1) is 4.91 Å².